The fourth-order valence-electron chi connectivity index (χ4n) is 2.85. The van der Waals surface area contributed by atoms with Crippen LogP contribution in [0, 0.1) is 0 Å². The first-order valence-corrected chi connectivity index (χ1v) is 7.69. The highest BCUT2D eigenvalue weighted by molar-refractivity contribution is 5.43. The zero-order valence-electron chi connectivity index (χ0n) is 12.3. The lowest BCUT2D eigenvalue weighted by Crippen LogP contribution is -2.26. The van der Waals surface area contributed by atoms with E-state index in [1.807, 2.05) is 12.3 Å². The zero-order valence-corrected chi connectivity index (χ0v) is 12.3. The summed E-state index contributed by atoms with van der Waals surface area (Å²) >= 11 is 0. The molecule has 2 aromatic rings. The van der Waals surface area contributed by atoms with E-state index in [2.05, 4.69) is 28.1 Å². The number of nitrogens with two attached hydrogens (primary N) is 1. The van der Waals surface area contributed by atoms with E-state index < -0.39 is 0 Å². The summed E-state index contributed by atoms with van der Waals surface area (Å²) in [6, 6.07) is 8.47. The van der Waals surface area contributed by atoms with Crippen LogP contribution in [-0.2, 0) is 19.4 Å². The Balaban J connectivity index is 1.81. The van der Waals surface area contributed by atoms with Gasteiger partial charge in [0.05, 0.1) is 0 Å². The molecule has 4 nitrogen and oxygen atoms in total. The first-order chi connectivity index (χ1) is 10.4. The number of rotatable bonds is 6. The third-order valence-corrected chi connectivity index (χ3v) is 3.97. The molecule has 2 N–H and O–H groups in total. The monoisotopic (exact) mass is 282 g/mol. The van der Waals surface area contributed by atoms with Crippen molar-refractivity contribution in [2.75, 3.05) is 18.0 Å². The zero-order chi connectivity index (χ0) is 14.5. The predicted molar refractivity (Wildman–Crippen MR) is 85.2 cm³/mol. The van der Waals surface area contributed by atoms with Crippen molar-refractivity contribution >= 4 is 5.82 Å². The van der Waals surface area contributed by atoms with E-state index >= 15 is 0 Å². The number of hydrogen-bond acceptors (Lipinski definition) is 4. The van der Waals surface area contributed by atoms with Crippen LogP contribution in [-0.4, -0.2) is 23.1 Å². The summed E-state index contributed by atoms with van der Waals surface area (Å²) in [4.78, 5) is 11.4. The Morgan fingerprint density at radius 1 is 1.19 bits per heavy atom. The second kappa shape index (κ2) is 6.68. The van der Waals surface area contributed by atoms with Gasteiger partial charge in [0.2, 0.25) is 0 Å². The number of hydrogen-bond donors (Lipinski definition) is 1. The second-order valence-electron chi connectivity index (χ2n) is 5.55. The maximum absolute atomic E-state index is 5.68. The molecule has 1 aliphatic carbocycles. The van der Waals surface area contributed by atoms with Crippen molar-refractivity contribution in [2.24, 2.45) is 5.73 Å². The largest absolute Gasteiger partial charge is 0.352 e. The third-order valence-electron chi connectivity index (χ3n) is 3.97. The molecule has 0 saturated heterocycles. The van der Waals surface area contributed by atoms with Crippen LogP contribution in [0.5, 0.6) is 0 Å². The predicted octanol–water partition coefficient (Wildman–Crippen LogP) is 2.32. The Bertz CT molecular complexity index is 583. The van der Waals surface area contributed by atoms with Gasteiger partial charge in [0, 0.05) is 31.2 Å². The smallest absolute Gasteiger partial charge is 0.129 e. The Hall–Kier alpha value is -1.94. The van der Waals surface area contributed by atoms with Crippen molar-refractivity contribution < 1.29 is 0 Å². The van der Waals surface area contributed by atoms with E-state index in [1.54, 1.807) is 6.20 Å². The van der Waals surface area contributed by atoms with E-state index in [1.165, 1.54) is 29.7 Å². The molecule has 0 atom stereocenters. The average Bonchev–Trinajstić information content (AvgIpc) is 3.00. The Labute approximate surface area is 126 Å². The SMILES string of the molecule is NCCCN(Cc1cccnc1)c1ccc2c(n1)CCC2. The molecular weight excluding hydrogens is 260 g/mol. The molecule has 110 valence electrons. The third kappa shape index (κ3) is 3.39. The lowest BCUT2D eigenvalue weighted by molar-refractivity contribution is 0.722. The summed E-state index contributed by atoms with van der Waals surface area (Å²) in [7, 11) is 0. The maximum atomic E-state index is 5.68. The molecule has 21 heavy (non-hydrogen) atoms. The van der Waals surface area contributed by atoms with Gasteiger partial charge in [-0.15, -0.1) is 0 Å². The fourth-order valence-corrected chi connectivity index (χ4v) is 2.85. The Morgan fingerprint density at radius 3 is 2.95 bits per heavy atom. The molecular formula is C17H22N4. The molecule has 3 rings (SSSR count). The minimum atomic E-state index is 0.703. The lowest BCUT2D eigenvalue weighted by atomic mass is 10.2. The number of aromatic nitrogens is 2. The normalized spacial score (nSPS) is 13.2. The molecule has 0 unspecified atom stereocenters. The van der Waals surface area contributed by atoms with Gasteiger partial charge in [-0.1, -0.05) is 12.1 Å². The van der Waals surface area contributed by atoms with Gasteiger partial charge in [0.1, 0.15) is 5.82 Å². The van der Waals surface area contributed by atoms with Crippen LogP contribution in [0.1, 0.15) is 29.7 Å². The van der Waals surface area contributed by atoms with Gasteiger partial charge < -0.3 is 10.6 Å². The van der Waals surface area contributed by atoms with Crippen molar-refractivity contribution in [1.29, 1.82) is 0 Å². The van der Waals surface area contributed by atoms with E-state index in [9.17, 15) is 0 Å². The molecule has 2 aromatic heterocycles. The van der Waals surface area contributed by atoms with Crippen molar-refractivity contribution in [1.82, 2.24) is 9.97 Å². The van der Waals surface area contributed by atoms with E-state index in [-0.39, 0.29) is 0 Å². The number of fused-ring (bicyclic) bond motifs is 1. The number of aryl methyl sites for hydroxylation is 2. The molecule has 0 saturated carbocycles. The highest BCUT2D eigenvalue weighted by atomic mass is 15.2. The summed E-state index contributed by atoms with van der Waals surface area (Å²) in [5, 5.41) is 0. The Kier molecular flexibility index (Phi) is 4.46. The summed E-state index contributed by atoms with van der Waals surface area (Å²) in [5.41, 5.74) is 9.57. The van der Waals surface area contributed by atoms with E-state index in [4.69, 9.17) is 10.7 Å². The lowest BCUT2D eigenvalue weighted by Gasteiger charge is -2.24. The van der Waals surface area contributed by atoms with E-state index in [0.717, 1.165) is 31.7 Å². The molecule has 0 aliphatic heterocycles. The molecule has 0 aromatic carbocycles. The van der Waals surface area contributed by atoms with Gasteiger partial charge in [-0.3, -0.25) is 4.98 Å². The molecule has 4 heteroatoms. The average molecular weight is 282 g/mol. The van der Waals surface area contributed by atoms with Gasteiger partial charge >= 0.3 is 0 Å². The minimum absolute atomic E-state index is 0.703. The van der Waals surface area contributed by atoms with Crippen LogP contribution in [0.3, 0.4) is 0 Å². The van der Waals surface area contributed by atoms with E-state index in [0.29, 0.717) is 6.54 Å². The Morgan fingerprint density at radius 2 is 2.14 bits per heavy atom. The summed E-state index contributed by atoms with van der Waals surface area (Å²) < 4.78 is 0. The van der Waals surface area contributed by atoms with Crippen LogP contribution in [0.2, 0.25) is 0 Å². The second-order valence-corrected chi connectivity index (χ2v) is 5.55. The standard InChI is InChI=1S/C17H22N4/c18-9-3-11-21(13-14-4-2-10-19-12-14)17-8-7-15-5-1-6-16(15)20-17/h2,4,7-8,10,12H,1,3,5-6,9,11,13,18H2. The molecule has 2 heterocycles. The number of nitrogens with zero attached hydrogens (tertiary/aromatic N) is 3. The number of anilines is 1. The van der Waals surface area contributed by atoms with Crippen molar-refractivity contribution in [3.05, 3.63) is 53.5 Å². The van der Waals surface area contributed by atoms with Gasteiger partial charge in [0.25, 0.3) is 0 Å². The van der Waals surface area contributed by atoms with Crippen LogP contribution in [0.25, 0.3) is 0 Å². The molecule has 0 fully saturated rings. The number of pyridine rings is 2. The summed E-state index contributed by atoms with van der Waals surface area (Å²) in [6.45, 7) is 2.46. The topological polar surface area (TPSA) is 55.0 Å². The first kappa shape index (κ1) is 14.0. The molecule has 0 spiro atoms. The van der Waals surface area contributed by atoms with Crippen LogP contribution < -0.4 is 10.6 Å². The maximum Gasteiger partial charge on any atom is 0.129 e. The summed E-state index contributed by atoms with van der Waals surface area (Å²) in [6.07, 6.45) is 8.22. The van der Waals surface area contributed by atoms with Crippen molar-refractivity contribution in [2.45, 2.75) is 32.2 Å². The van der Waals surface area contributed by atoms with Crippen LogP contribution in [0.4, 0.5) is 5.82 Å². The van der Waals surface area contributed by atoms with Crippen molar-refractivity contribution in [3.8, 4) is 0 Å². The molecule has 1 aliphatic rings. The fraction of sp³-hybridized carbons (Fsp3) is 0.412. The molecule has 0 amide bonds. The van der Waals surface area contributed by atoms with Crippen LogP contribution in [0.15, 0.2) is 36.7 Å². The quantitative estimate of drug-likeness (QED) is 0.883. The molecule has 0 radical (unpaired) electrons. The minimum Gasteiger partial charge on any atom is -0.352 e. The van der Waals surface area contributed by atoms with Gasteiger partial charge in [-0.05, 0) is 55.5 Å². The van der Waals surface area contributed by atoms with Gasteiger partial charge in [0.15, 0.2) is 0 Å². The highest BCUT2D eigenvalue weighted by Crippen LogP contribution is 2.24. The van der Waals surface area contributed by atoms with Gasteiger partial charge in [-0.2, -0.15) is 0 Å². The molecule has 0 bridgehead atoms. The van der Waals surface area contributed by atoms with Crippen molar-refractivity contribution in [3.63, 3.8) is 0 Å². The van der Waals surface area contributed by atoms with Crippen LogP contribution >= 0.6 is 0 Å². The van der Waals surface area contributed by atoms with Gasteiger partial charge in [-0.25, -0.2) is 4.98 Å². The summed E-state index contributed by atoms with van der Waals surface area (Å²) in [5.74, 6) is 1.06. The highest BCUT2D eigenvalue weighted by Gasteiger charge is 2.15. The first-order valence-electron chi connectivity index (χ1n) is 7.69.